The number of fused-ring (bicyclic) bond motifs is 1. The van der Waals surface area contributed by atoms with Crippen molar-refractivity contribution in [2.24, 2.45) is 0 Å². The van der Waals surface area contributed by atoms with Gasteiger partial charge in [-0.05, 0) is 38.5 Å². The van der Waals surface area contributed by atoms with E-state index in [1.165, 1.54) is 0 Å². The minimum absolute atomic E-state index is 0.178. The minimum Gasteiger partial charge on any atom is -0.216 e. The van der Waals surface area contributed by atoms with Crippen LogP contribution in [0.25, 0.3) is 5.78 Å². The van der Waals surface area contributed by atoms with Crippen molar-refractivity contribution in [2.75, 3.05) is 0 Å². The van der Waals surface area contributed by atoms with Crippen LogP contribution in [0.1, 0.15) is 29.1 Å². The molecule has 4 nitrogen and oxygen atoms in total. The van der Waals surface area contributed by atoms with Gasteiger partial charge in [0.2, 0.25) is 5.16 Å². The molecule has 3 aromatic rings. The largest absolute Gasteiger partial charge is 0.253 e. The number of halogens is 1. The molecule has 108 valence electrons. The Morgan fingerprint density at radius 2 is 1.95 bits per heavy atom. The van der Waals surface area contributed by atoms with Gasteiger partial charge in [-0.15, -0.1) is 5.10 Å². The maximum Gasteiger partial charge on any atom is 0.253 e. The van der Waals surface area contributed by atoms with Crippen molar-refractivity contribution in [1.82, 2.24) is 19.6 Å². The van der Waals surface area contributed by atoms with Crippen LogP contribution in [0, 0.1) is 13.8 Å². The van der Waals surface area contributed by atoms with Gasteiger partial charge in [0.1, 0.15) is 0 Å². The zero-order valence-electron chi connectivity index (χ0n) is 12.0. The average Bonchev–Trinajstić information content (AvgIpc) is 2.81. The summed E-state index contributed by atoms with van der Waals surface area (Å²) in [6.07, 6.45) is 0. The lowest BCUT2D eigenvalue weighted by Crippen LogP contribution is -1.97. The maximum absolute atomic E-state index is 6.24. The predicted molar refractivity (Wildman–Crippen MR) is 86.0 cm³/mol. The van der Waals surface area contributed by atoms with Gasteiger partial charge in [0, 0.05) is 21.7 Å². The van der Waals surface area contributed by atoms with Crippen LogP contribution in [0.15, 0.2) is 35.5 Å². The first-order valence-electron chi connectivity index (χ1n) is 6.66. The number of aryl methyl sites for hydroxylation is 2. The molecule has 0 saturated heterocycles. The molecular formula is C15H15ClN4S. The Morgan fingerprint density at radius 1 is 1.19 bits per heavy atom. The van der Waals surface area contributed by atoms with Gasteiger partial charge in [-0.2, -0.15) is 4.98 Å². The zero-order valence-corrected chi connectivity index (χ0v) is 13.6. The van der Waals surface area contributed by atoms with Gasteiger partial charge in [0.15, 0.2) is 0 Å². The molecule has 1 atom stereocenters. The van der Waals surface area contributed by atoms with Gasteiger partial charge in [-0.3, -0.25) is 0 Å². The SMILES string of the molecule is Cc1cc(C)n2nc(S[C@H](C)c3ccccc3Cl)nc2n1. The summed E-state index contributed by atoms with van der Waals surface area (Å²) in [4.78, 5) is 8.89. The maximum atomic E-state index is 6.24. The Balaban J connectivity index is 1.92. The Bertz CT molecular complexity index is 799. The van der Waals surface area contributed by atoms with Crippen molar-refractivity contribution in [3.05, 3.63) is 52.3 Å². The molecule has 0 aliphatic heterocycles. The van der Waals surface area contributed by atoms with Crippen molar-refractivity contribution in [3.8, 4) is 0 Å². The molecule has 1 aromatic carbocycles. The summed E-state index contributed by atoms with van der Waals surface area (Å²) in [6.45, 7) is 6.06. The van der Waals surface area contributed by atoms with E-state index in [1.807, 2.05) is 44.2 Å². The van der Waals surface area contributed by atoms with E-state index in [0.717, 1.165) is 22.0 Å². The third-order valence-electron chi connectivity index (χ3n) is 3.22. The first-order valence-corrected chi connectivity index (χ1v) is 7.92. The fraction of sp³-hybridized carbons (Fsp3) is 0.267. The normalized spacial score (nSPS) is 12.8. The van der Waals surface area contributed by atoms with Gasteiger partial charge in [-0.25, -0.2) is 9.50 Å². The van der Waals surface area contributed by atoms with Crippen LogP contribution in [0.4, 0.5) is 0 Å². The molecule has 0 N–H and O–H groups in total. The van der Waals surface area contributed by atoms with Crippen LogP contribution >= 0.6 is 23.4 Å². The number of nitrogens with zero attached hydrogens (tertiary/aromatic N) is 4. The molecule has 0 unspecified atom stereocenters. The monoisotopic (exact) mass is 318 g/mol. The van der Waals surface area contributed by atoms with Gasteiger partial charge in [0.25, 0.3) is 5.78 Å². The molecule has 21 heavy (non-hydrogen) atoms. The highest BCUT2D eigenvalue weighted by atomic mass is 35.5. The first-order chi connectivity index (χ1) is 10.0. The molecule has 0 fully saturated rings. The number of aromatic nitrogens is 4. The second-order valence-electron chi connectivity index (χ2n) is 4.93. The Hall–Kier alpha value is -1.59. The van der Waals surface area contributed by atoms with Crippen LogP contribution in [-0.2, 0) is 0 Å². The molecule has 2 aromatic heterocycles. The van der Waals surface area contributed by atoms with E-state index in [9.17, 15) is 0 Å². The van der Waals surface area contributed by atoms with Crippen molar-refractivity contribution < 1.29 is 0 Å². The van der Waals surface area contributed by atoms with E-state index in [2.05, 4.69) is 22.0 Å². The van der Waals surface area contributed by atoms with E-state index in [4.69, 9.17) is 11.6 Å². The van der Waals surface area contributed by atoms with E-state index < -0.39 is 0 Å². The van der Waals surface area contributed by atoms with Crippen LogP contribution < -0.4 is 0 Å². The topological polar surface area (TPSA) is 43.1 Å². The van der Waals surface area contributed by atoms with E-state index in [1.54, 1.807) is 16.3 Å². The average molecular weight is 319 g/mol. The Labute approximate surface area is 132 Å². The number of rotatable bonds is 3. The molecule has 2 heterocycles. The molecule has 3 rings (SSSR count). The van der Waals surface area contributed by atoms with Crippen molar-refractivity contribution in [1.29, 1.82) is 0 Å². The summed E-state index contributed by atoms with van der Waals surface area (Å²) < 4.78 is 1.77. The number of thioether (sulfide) groups is 1. The van der Waals surface area contributed by atoms with Gasteiger partial charge in [-0.1, -0.05) is 41.6 Å². The minimum atomic E-state index is 0.178. The van der Waals surface area contributed by atoms with Crippen LogP contribution in [0.5, 0.6) is 0 Å². The molecule has 0 amide bonds. The van der Waals surface area contributed by atoms with E-state index in [0.29, 0.717) is 10.9 Å². The predicted octanol–water partition coefficient (Wildman–Crippen LogP) is 4.25. The lowest BCUT2D eigenvalue weighted by Gasteiger charge is -2.10. The smallest absolute Gasteiger partial charge is 0.216 e. The van der Waals surface area contributed by atoms with E-state index >= 15 is 0 Å². The third kappa shape index (κ3) is 2.89. The summed E-state index contributed by atoms with van der Waals surface area (Å²) >= 11 is 7.82. The highest BCUT2D eigenvalue weighted by Crippen LogP contribution is 2.36. The summed E-state index contributed by atoms with van der Waals surface area (Å²) in [5, 5.41) is 6.17. The highest BCUT2D eigenvalue weighted by molar-refractivity contribution is 7.99. The Morgan fingerprint density at radius 3 is 2.71 bits per heavy atom. The molecule has 0 radical (unpaired) electrons. The zero-order chi connectivity index (χ0) is 15.0. The number of hydrogen-bond acceptors (Lipinski definition) is 4. The highest BCUT2D eigenvalue weighted by Gasteiger charge is 2.15. The molecule has 0 spiro atoms. The lowest BCUT2D eigenvalue weighted by molar-refractivity contribution is 0.841. The molecular weight excluding hydrogens is 304 g/mol. The molecule has 6 heteroatoms. The van der Waals surface area contributed by atoms with Crippen molar-refractivity contribution >= 4 is 29.1 Å². The Kier molecular flexibility index (Phi) is 3.87. The fourth-order valence-electron chi connectivity index (χ4n) is 2.22. The summed E-state index contributed by atoms with van der Waals surface area (Å²) in [5.41, 5.74) is 3.06. The van der Waals surface area contributed by atoms with Gasteiger partial charge < -0.3 is 0 Å². The quantitative estimate of drug-likeness (QED) is 0.677. The van der Waals surface area contributed by atoms with Crippen LogP contribution in [0.3, 0.4) is 0 Å². The van der Waals surface area contributed by atoms with Crippen LogP contribution in [-0.4, -0.2) is 19.6 Å². The second-order valence-corrected chi connectivity index (χ2v) is 6.64. The lowest BCUT2D eigenvalue weighted by atomic mass is 10.2. The standard InChI is InChI=1S/C15H15ClN4S/c1-9-8-10(2)20-14(17-9)18-15(19-20)21-11(3)12-6-4-5-7-13(12)16/h4-8,11H,1-3H3/t11-/m1/s1. The number of benzene rings is 1. The summed E-state index contributed by atoms with van der Waals surface area (Å²) in [5.74, 6) is 0.640. The van der Waals surface area contributed by atoms with Gasteiger partial charge in [0.05, 0.1) is 0 Å². The van der Waals surface area contributed by atoms with Crippen molar-refractivity contribution in [3.63, 3.8) is 0 Å². The van der Waals surface area contributed by atoms with E-state index in [-0.39, 0.29) is 5.25 Å². The van der Waals surface area contributed by atoms with Gasteiger partial charge >= 0.3 is 0 Å². The molecule has 0 bridgehead atoms. The second kappa shape index (κ2) is 5.66. The summed E-state index contributed by atoms with van der Waals surface area (Å²) in [6, 6.07) is 9.85. The third-order valence-corrected chi connectivity index (χ3v) is 4.56. The number of hydrogen-bond donors (Lipinski definition) is 0. The first kappa shape index (κ1) is 14.4. The fourth-order valence-corrected chi connectivity index (χ4v) is 3.50. The van der Waals surface area contributed by atoms with Crippen molar-refractivity contribution in [2.45, 2.75) is 31.2 Å². The van der Waals surface area contributed by atoms with Crippen LogP contribution in [0.2, 0.25) is 5.02 Å². The molecule has 0 aliphatic rings. The summed E-state index contributed by atoms with van der Waals surface area (Å²) in [7, 11) is 0. The molecule has 0 saturated carbocycles. The molecule has 0 aliphatic carbocycles.